The summed E-state index contributed by atoms with van der Waals surface area (Å²) in [6, 6.07) is 1.49. The first-order chi connectivity index (χ1) is 7.50. The molecule has 88 valence electrons. The highest BCUT2D eigenvalue weighted by atomic mass is 32.2. The number of hydrogen-bond acceptors (Lipinski definition) is 6. The van der Waals surface area contributed by atoms with Gasteiger partial charge in [-0.3, -0.25) is 4.57 Å². The van der Waals surface area contributed by atoms with Crippen LogP contribution in [-0.4, -0.2) is 37.2 Å². The molecule has 1 saturated heterocycles. The molecule has 0 radical (unpaired) electrons. The molecule has 1 aromatic heterocycles. The molecule has 1 fully saturated rings. The maximum absolute atomic E-state index is 11.6. The molecule has 0 unspecified atom stereocenters. The molecule has 0 bridgehead atoms. The van der Waals surface area contributed by atoms with Crippen LogP contribution in [0, 0.1) is 0 Å². The second-order valence-corrected chi connectivity index (χ2v) is 5.25. The van der Waals surface area contributed by atoms with Crippen molar-refractivity contribution in [3.63, 3.8) is 0 Å². The standard InChI is InChI=1S/C9H13N3O3S/c1-4-6(13)7(14)8(16-4)12-3-2-5(10)11-9(12)15/h2-4,6-8,13-14H,1H3,(H2,10,11,15)/t4-,6+,7+,8-/m0/s1. The third-order valence-corrected chi connectivity index (χ3v) is 4.10. The Hall–Kier alpha value is -1.05. The summed E-state index contributed by atoms with van der Waals surface area (Å²) in [6.07, 6.45) is -0.321. The van der Waals surface area contributed by atoms with E-state index in [1.54, 1.807) is 6.92 Å². The number of nitrogen functional groups attached to an aromatic ring is 1. The van der Waals surface area contributed by atoms with Crippen molar-refractivity contribution in [2.24, 2.45) is 0 Å². The van der Waals surface area contributed by atoms with E-state index in [0.717, 1.165) is 0 Å². The van der Waals surface area contributed by atoms with Gasteiger partial charge in [0.15, 0.2) is 0 Å². The summed E-state index contributed by atoms with van der Waals surface area (Å²) < 4.78 is 1.29. The third-order valence-electron chi connectivity index (χ3n) is 2.60. The molecule has 4 atom stereocenters. The quantitative estimate of drug-likeness (QED) is 0.596. The fraction of sp³-hybridized carbons (Fsp3) is 0.556. The molecule has 6 nitrogen and oxygen atoms in total. The number of rotatable bonds is 1. The van der Waals surface area contributed by atoms with E-state index < -0.39 is 23.3 Å². The van der Waals surface area contributed by atoms with E-state index in [4.69, 9.17) is 5.73 Å². The minimum Gasteiger partial charge on any atom is -0.389 e. The Labute approximate surface area is 96.1 Å². The van der Waals surface area contributed by atoms with Crippen molar-refractivity contribution in [1.29, 1.82) is 0 Å². The molecule has 0 saturated carbocycles. The van der Waals surface area contributed by atoms with E-state index in [1.165, 1.54) is 28.6 Å². The van der Waals surface area contributed by atoms with E-state index >= 15 is 0 Å². The number of aliphatic hydroxyl groups is 2. The minimum absolute atomic E-state index is 0.121. The Morgan fingerprint density at radius 1 is 1.50 bits per heavy atom. The van der Waals surface area contributed by atoms with E-state index in [0.29, 0.717) is 0 Å². The molecule has 2 heterocycles. The van der Waals surface area contributed by atoms with Gasteiger partial charge in [-0.15, -0.1) is 11.8 Å². The third kappa shape index (κ3) is 1.81. The lowest BCUT2D eigenvalue weighted by molar-refractivity contribution is 0.0193. The maximum atomic E-state index is 11.6. The zero-order valence-electron chi connectivity index (χ0n) is 8.65. The van der Waals surface area contributed by atoms with Gasteiger partial charge in [0.25, 0.3) is 0 Å². The predicted molar refractivity (Wildman–Crippen MR) is 61.0 cm³/mol. The van der Waals surface area contributed by atoms with Gasteiger partial charge in [0.1, 0.15) is 17.3 Å². The van der Waals surface area contributed by atoms with Gasteiger partial charge in [-0.1, -0.05) is 6.92 Å². The molecule has 16 heavy (non-hydrogen) atoms. The molecule has 1 aliphatic heterocycles. The highest BCUT2D eigenvalue weighted by Crippen LogP contribution is 2.40. The van der Waals surface area contributed by atoms with Crippen LogP contribution in [0.3, 0.4) is 0 Å². The number of nitrogens with zero attached hydrogens (tertiary/aromatic N) is 2. The average molecular weight is 243 g/mol. The number of nitrogens with two attached hydrogens (primary N) is 1. The van der Waals surface area contributed by atoms with E-state index in [-0.39, 0.29) is 11.1 Å². The highest BCUT2D eigenvalue weighted by Gasteiger charge is 2.41. The first kappa shape index (κ1) is 11.4. The van der Waals surface area contributed by atoms with Crippen LogP contribution in [0.4, 0.5) is 5.82 Å². The summed E-state index contributed by atoms with van der Waals surface area (Å²) in [7, 11) is 0. The lowest BCUT2D eigenvalue weighted by Crippen LogP contribution is -2.34. The van der Waals surface area contributed by atoms with Gasteiger partial charge in [-0.25, -0.2) is 4.79 Å². The Morgan fingerprint density at radius 3 is 2.69 bits per heavy atom. The zero-order valence-corrected chi connectivity index (χ0v) is 9.46. The van der Waals surface area contributed by atoms with Crippen LogP contribution in [0.5, 0.6) is 0 Å². The SMILES string of the molecule is C[C@@H]1S[C@H](n2ccc(N)nc2=O)[C@H](O)[C@@H]1O. The lowest BCUT2D eigenvalue weighted by atomic mass is 10.1. The Kier molecular flexibility index (Phi) is 2.92. The first-order valence-electron chi connectivity index (χ1n) is 4.87. The second-order valence-electron chi connectivity index (χ2n) is 3.76. The Balaban J connectivity index is 2.35. The van der Waals surface area contributed by atoms with Crippen LogP contribution >= 0.6 is 11.8 Å². The van der Waals surface area contributed by atoms with Crippen LogP contribution in [0.1, 0.15) is 12.3 Å². The van der Waals surface area contributed by atoms with E-state index in [9.17, 15) is 15.0 Å². The minimum atomic E-state index is -0.969. The summed E-state index contributed by atoms with van der Waals surface area (Å²) in [6.45, 7) is 1.80. The molecule has 4 N–H and O–H groups in total. The van der Waals surface area contributed by atoms with E-state index in [1.807, 2.05) is 0 Å². The number of aliphatic hydroxyl groups excluding tert-OH is 2. The molecular weight excluding hydrogens is 230 g/mol. The molecule has 0 amide bonds. The van der Waals surface area contributed by atoms with Crippen LogP contribution in [0.25, 0.3) is 0 Å². The highest BCUT2D eigenvalue weighted by molar-refractivity contribution is 8.00. The van der Waals surface area contributed by atoms with Gasteiger partial charge in [0, 0.05) is 11.4 Å². The van der Waals surface area contributed by atoms with Crippen LogP contribution in [0.2, 0.25) is 0 Å². The van der Waals surface area contributed by atoms with E-state index in [2.05, 4.69) is 4.98 Å². The summed E-state index contributed by atoms with van der Waals surface area (Å²) in [5.74, 6) is 0.146. The molecule has 0 spiro atoms. The number of anilines is 1. The molecule has 2 rings (SSSR count). The Morgan fingerprint density at radius 2 is 2.19 bits per heavy atom. The first-order valence-corrected chi connectivity index (χ1v) is 5.81. The van der Waals surface area contributed by atoms with Gasteiger partial charge in [-0.2, -0.15) is 4.98 Å². The molecule has 0 aromatic carbocycles. The summed E-state index contributed by atoms with van der Waals surface area (Å²) >= 11 is 1.34. The molecular formula is C9H13N3O3S. The smallest absolute Gasteiger partial charge is 0.350 e. The maximum Gasteiger partial charge on any atom is 0.350 e. The number of aromatic nitrogens is 2. The number of thioether (sulfide) groups is 1. The van der Waals surface area contributed by atoms with Crippen LogP contribution in [0.15, 0.2) is 17.1 Å². The van der Waals surface area contributed by atoms with Crippen LogP contribution < -0.4 is 11.4 Å². The summed E-state index contributed by atoms with van der Waals surface area (Å²) in [4.78, 5) is 15.1. The summed E-state index contributed by atoms with van der Waals surface area (Å²) in [5.41, 5.74) is 4.86. The second kappa shape index (κ2) is 4.08. The molecule has 0 aliphatic carbocycles. The van der Waals surface area contributed by atoms with Gasteiger partial charge in [-0.05, 0) is 6.07 Å². The lowest BCUT2D eigenvalue weighted by Gasteiger charge is -2.17. The van der Waals surface area contributed by atoms with Gasteiger partial charge in [0.2, 0.25) is 0 Å². The van der Waals surface area contributed by atoms with Crippen molar-refractivity contribution in [2.75, 3.05) is 5.73 Å². The molecule has 1 aromatic rings. The largest absolute Gasteiger partial charge is 0.389 e. The normalized spacial score (nSPS) is 34.2. The molecule has 7 heteroatoms. The monoisotopic (exact) mass is 243 g/mol. The Bertz CT molecular complexity index is 450. The van der Waals surface area contributed by atoms with Crippen molar-refractivity contribution < 1.29 is 10.2 Å². The van der Waals surface area contributed by atoms with Gasteiger partial charge >= 0.3 is 5.69 Å². The van der Waals surface area contributed by atoms with Crippen molar-refractivity contribution in [2.45, 2.75) is 29.8 Å². The van der Waals surface area contributed by atoms with Gasteiger partial charge < -0.3 is 15.9 Å². The fourth-order valence-electron chi connectivity index (χ4n) is 1.68. The van der Waals surface area contributed by atoms with Crippen LogP contribution in [-0.2, 0) is 0 Å². The number of hydrogen-bond donors (Lipinski definition) is 3. The average Bonchev–Trinajstić information content (AvgIpc) is 2.46. The van der Waals surface area contributed by atoms with Crippen molar-refractivity contribution in [3.05, 3.63) is 22.7 Å². The van der Waals surface area contributed by atoms with Crippen molar-refractivity contribution >= 4 is 17.6 Å². The molecule has 1 aliphatic rings. The topological polar surface area (TPSA) is 101 Å². The zero-order chi connectivity index (χ0) is 11.9. The van der Waals surface area contributed by atoms with Crippen molar-refractivity contribution in [3.8, 4) is 0 Å². The van der Waals surface area contributed by atoms with Crippen molar-refractivity contribution in [1.82, 2.24) is 9.55 Å². The summed E-state index contributed by atoms with van der Waals surface area (Å²) in [5, 5.41) is 18.8. The fourth-order valence-corrected chi connectivity index (χ4v) is 3.05. The van der Waals surface area contributed by atoms with Gasteiger partial charge in [0.05, 0.1) is 6.10 Å². The predicted octanol–water partition coefficient (Wildman–Crippen LogP) is -0.819.